The van der Waals surface area contributed by atoms with Crippen molar-refractivity contribution in [2.24, 2.45) is 5.92 Å². The van der Waals surface area contributed by atoms with Crippen LogP contribution in [0, 0.1) is 5.92 Å². The topological polar surface area (TPSA) is 108 Å². The highest BCUT2D eigenvalue weighted by atomic mass is 16.4. The Balaban J connectivity index is 1.85. The van der Waals surface area contributed by atoms with Gasteiger partial charge in [-0.15, -0.1) is 0 Å². The summed E-state index contributed by atoms with van der Waals surface area (Å²) < 4.78 is 0. The number of carbonyl (C=O) groups excluding carboxylic acids is 2. The molecule has 1 saturated heterocycles. The average molecular weight is 283 g/mol. The number of nitrogens with one attached hydrogen (secondary N) is 3. The first-order valence-electron chi connectivity index (χ1n) is 7.13. The van der Waals surface area contributed by atoms with E-state index in [4.69, 9.17) is 0 Å². The molecular formula is C13H21N3O4. The molecule has 112 valence electrons. The highest BCUT2D eigenvalue weighted by Crippen LogP contribution is 2.26. The van der Waals surface area contributed by atoms with Gasteiger partial charge in [-0.25, -0.2) is 9.59 Å². The van der Waals surface area contributed by atoms with Crippen LogP contribution >= 0.6 is 0 Å². The zero-order valence-electron chi connectivity index (χ0n) is 11.4. The van der Waals surface area contributed by atoms with Crippen LogP contribution in [-0.4, -0.2) is 41.6 Å². The lowest BCUT2D eigenvalue weighted by Crippen LogP contribution is -2.52. The Labute approximate surface area is 117 Å². The molecule has 0 bridgehead atoms. The van der Waals surface area contributed by atoms with E-state index in [9.17, 15) is 19.5 Å². The summed E-state index contributed by atoms with van der Waals surface area (Å²) in [7, 11) is 0. The maximum absolute atomic E-state index is 11.8. The van der Waals surface area contributed by atoms with Gasteiger partial charge in [0.1, 0.15) is 6.04 Å². The van der Waals surface area contributed by atoms with Gasteiger partial charge in [-0.05, 0) is 18.8 Å². The molecule has 2 unspecified atom stereocenters. The molecule has 2 atom stereocenters. The number of carboxylic acid groups (broad SMARTS) is 1. The van der Waals surface area contributed by atoms with Gasteiger partial charge in [-0.1, -0.05) is 19.3 Å². The molecule has 1 heterocycles. The second-order valence-electron chi connectivity index (χ2n) is 5.54. The van der Waals surface area contributed by atoms with Crippen molar-refractivity contribution in [3.05, 3.63) is 0 Å². The Bertz CT molecular complexity index is 393. The fourth-order valence-corrected chi connectivity index (χ4v) is 2.92. The van der Waals surface area contributed by atoms with Crippen molar-refractivity contribution in [2.45, 2.75) is 50.6 Å². The zero-order valence-corrected chi connectivity index (χ0v) is 11.4. The normalized spacial score (nSPS) is 24.8. The van der Waals surface area contributed by atoms with E-state index in [0.717, 1.165) is 32.1 Å². The lowest BCUT2D eigenvalue weighted by Gasteiger charge is -2.28. The molecule has 0 aromatic rings. The minimum atomic E-state index is -0.993. The molecule has 20 heavy (non-hydrogen) atoms. The number of hydrogen-bond donors (Lipinski definition) is 4. The van der Waals surface area contributed by atoms with Crippen molar-refractivity contribution in [1.82, 2.24) is 16.0 Å². The SMILES string of the molecule is O=C1CC(NC(=O)NC(C(=O)O)C2CCCCC2)CN1. The van der Waals surface area contributed by atoms with E-state index in [0.29, 0.717) is 6.54 Å². The molecule has 1 aliphatic heterocycles. The maximum Gasteiger partial charge on any atom is 0.326 e. The molecule has 4 N–H and O–H groups in total. The molecule has 1 aliphatic carbocycles. The van der Waals surface area contributed by atoms with Crippen LogP contribution in [0.2, 0.25) is 0 Å². The third-order valence-electron chi connectivity index (χ3n) is 3.99. The van der Waals surface area contributed by atoms with Crippen molar-refractivity contribution >= 4 is 17.9 Å². The second kappa shape index (κ2) is 6.58. The Kier molecular flexibility index (Phi) is 4.81. The summed E-state index contributed by atoms with van der Waals surface area (Å²) >= 11 is 0. The molecule has 1 saturated carbocycles. The van der Waals surface area contributed by atoms with Gasteiger partial charge < -0.3 is 21.1 Å². The summed E-state index contributed by atoms with van der Waals surface area (Å²) in [6.07, 6.45) is 5.07. The smallest absolute Gasteiger partial charge is 0.326 e. The molecule has 3 amide bonds. The number of carboxylic acids is 1. The van der Waals surface area contributed by atoms with Crippen molar-refractivity contribution < 1.29 is 19.5 Å². The number of rotatable bonds is 4. The molecule has 2 fully saturated rings. The number of urea groups is 1. The van der Waals surface area contributed by atoms with Crippen LogP contribution in [-0.2, 0) is 9.59 Å². The third kappa shape index (κ3) is 3.85. The lowest BCUT2D eigenvalue weighted by molar-refractivity contribution is -0.141. The minimum absolute atomic E-state index is 0.00432. The van der Waals surface area contributed by atoms with Gasteiger partial charge in [-0.3, -0.25) is 4.79 Å². The molecular weight excluding hydrogens is 262 g/mol. The molecule has 0 spiro atoms. The largest absolute Gasteiger partial charge is 0.480 e. The van der Waals surface area contributed by atoms with Crippen LogP contribution in [0.4, 0.5) is 4.79 Å². The summed E-state index contributed by atoms with van der Waals surface area (Å²) in [4.78, 5) is 34.2. The van der Waals surface area contributed by atoms with Gasteiger partial charge in [0.15, 0.2) is 0 Å². The Hall–Kier alpha value is -1.79. The van der Waals surface area contributed by atoms with Gasteiger partial charge >= 0.3 is 12.0 Å². The van der Waals surface area contributed by atoms with Crippen molar-refractivity contribution in [3.8, 4) is 0 Å². The first-order valence-corrected chi connectivity index (χ1v) is 7.13. The Morgan fingerprint density at radius 1 is 1.25 bits per heavy atom. The summed E-state index contributed by atoms with van der Waals surface area (Å²) in [6, 6.07) is -1.62. The van der Waals surface area contributed by atoms with E-state index in [-0.39, 0.29) is 24.3 Å². The Morgan fingerprint density at radius 3 is 2.50 bits per heavy atom. The molecule has 0 aromatic heterocycles. The van der Waals surface area contributed by atoms with Gasteiger partial charge in [-0.2, -0.15) is 0 Å². The van der Waals surface area contributed by atoms with Crippen LogP contribution < -0.4 is 16.0 Å². The fourth-order valence-electron chi connectivity index (χ4n) is 2.92. The fraction of sp³-hybridized carbons (Fsp3) is 0.769. The third-order valence-corrected chi connectivity index (χ3v) is 3.99. The van der Waals surface area contributed by atoms with Crippen molar-refractivity contribution in [3.63, 3.8) is 0 Å². The van der Waals surface area contributed by atoms with E-state index in [1.54, 1.807) is 0 Å². The van der Waals surface area contributed by atoms with Gasteiger partial charge in [0, 0.05) is 13.0 Å². The molecule has 7 nitrogen and oxygen atoms in total. The van der Waals surface area contributed by atoms with Gasteiger partial charge in [0.2, 0.25) is 5.91 Å². The van der Waals surface area contributed by atoms with Crippen LogP contribution in [0.25, 0.3) is 0 Å². The van der Waals surface area contributed by atoms with Gasteiger partial charge in [0.25, 0.3) is 0 Å². The molecule has 0 aromatic carbocycles. The number of aliphatic carboxylic acids is 1. The summed E-state index contributed by atoms with van der Waals surface area (Å²) in [5.41, 5.74) is 0. The second-order valence-corrected chi connectivity index (χ2v) is 5.54. The highest BCUT2D eigenvalue weighted by Gasteiger charge is 2.31. The summed E-state index contributed by atoms with van der Waals surface area (Å²) in [6.45, 7) is 0.396. The monoisotopic (exact) mass is 283 g/mol. The minimum Gasteiger partial charge on any atom is -0.480 e. The number of hydrogen-bond acceptors (Lipinski definition) is 3. The summed E-state index contributed by atoms with van der Waals surface area (Å²) in [5, 5.41) is 17.1. The molecule has 0 radical (unpaired) electrons. The highest BCUT2D eigenvalue weighted by molar-refractivity contribution is 5.84. The van der Waals surface area contributed by atoms with Crippen molar-refractivity contribution in [1.29, 1.82) is 0 Å². The zero-order chi connectivity index (χ0) is 14.5. The van der Waals surface area contributed by atoms with Gasteiger partial charge in [0.05, 0.1) is 6.04 Å². The quantitative estimate of drug-likeness (QED) is 0.591. The predicted molar refractivity (Wildman–Crippen MR) is 71.1 cm³/mol. The van der Waals surface area contributed by atoms with Crippen LogP contribution in [0.5, 0.6) is 0 Å². The van der Waals surface area contributed by atoms with E-state index in [2.05, 4.69) is 16.0 Å². The van der Waals surface area contributed by atoms with Crippen LogP contribution in [0.15, 0.2) is 0 Å². The molecule has 2 aliphatic rings. The number of carbonyl (C=O) groups is 3. The number of amides is 3. The van der Waals surface area contributed by atoms with E-state index in [1.165, 1.54) is 0 Å². The standard InChI is InChI=1S/C13H21N3O4/c17-10-6-9(7-14-10)15-13(20)16-11(12(18)19)8-4-2-1-3-5-8/h8-9,11H,1-7H2,(H,14,17)(H,18,19)(H2,15,16,20). The first kappa shape index (κ1) is 14.6. The van der Waals surface area contributed by atoms with E-state index < -0.39 is 18.0 Å². The van der Waals surface area contributed by atoms with Crippen molar-refractivity contribution in [2.75, 3.05) is 6.54 Å². The first-order chi connectivity index (χ1) is 9.56. The lowest BCUT2D eigenvalue weighted by atomic mass is 9.84. The summed E-state index contributed by atoms with van der Waals surface area (Å²) in [5.74, 6) is -1.10. The van der Waals surface area contributed by atoms with E-state index in [1.807, 2.05) is 0 Å². The maximum atomic E-state index is 11.8. The average Bonchev–Trinajstić information content (AvgIpc) is 2.82. The van der Waals surface area contributed by atoms with E-state index >= 15 is 0 Å². The van der Waals surface area contributed by atoms with Crippen LogP contribution in [0.1, 0.15) is 38.5 Å². The Morgan fingerprint density at radius 2 is 1.95 bits per heavy atom. The molecule has 7 heteroatoms. The van der Waals surface area contributed by atoms with Crippen LogP contribution in [0.3, 0.4) is 0 Å². The molecule has 2 rings (SSSR count). The predicted octanol–water partition coefficient (Wildman–Crippen LogP) is 0.208.